The lowest BCUT2D eigenvalue weighted by Gasteiger charge is -2.11. The van der Waals surface area contributed by atoms with Crippen molar-refractivity contribution in [3.8, 4) is 0 Å². The van der Waals surface area contributed by atoms with E-state index in [-0.39, 0.29) is 12.5 Å². The van der Waals surface area contributed by atoms with Crippen LogP contribution in [0, 0.1) is 0 Å². The number of amides is 1. The van der Waals surface area contributed by atoms with E-state index in [0.717, 1.165) is 6.42 Å². The van der Waals surface area contributed by atoms with Crippen LogP contribution in [0.1, 0.15) is 26.2 Å². The Bertz CT molecular complexity index is 136. The molecule has 0 rings (SSSR count). The van der Waals surface area contributed by atoms with Gasteiger partial charge in [-0.1, -0.05) is 13.3 Å². The standard InChI is InChI=1S/C7H13NO3/c1-2-3-6(8-5-9)4-7(10)11/h5-6H,2-4H2,1H3,(H,8,9)(H,10,11). The molecular formula is C7H13NO3. The Morgan fingerprint density at radius 2 is 2.36 bits per heavy atom. The van der Waals surface area contributed by atoms with Crippen molar-refractivity contribution < 1.29 is 14.7 Å². The van der Waals surface area contributed by atoms with Gasteiger partial charge >= 0.3 is 5.97 Å². The van der Waals surface area contributed by atoms with Crippen LogP contribution in [0.15, 0.2) is 0 Å². The molecule has 0 saturated heterocycles. The van der Waals surface area contributed by atoms with Gasteiger partial charge in [0, 0.05) is 6.04 Å². The fraction of sp³-hybridized carbons (Fsp3) is 0.714. The monoisotopic (exact) mass is 159 g/mol. The number of carboxylic acid groups (broad SMARTS) is 1. The van der Waals surface area contributed by atoms with E-state index in [4.69, 9.17) is 5.11 Å². The Labute approximate surface area is 65.6 Å². The van der Waals surface area contributed by atoms with Gasteiger partial charge in [-0.3, -0.25) is 9.59 Å². The summed E-state index contributed by atoms with van der Waals surface area (Å²) in [4.78, 5) is 20.2. The highest BCUT2D eigenvalue weighted by Crippen LogP contribution is 2.00. The molecule has 0 aromatic carbocycles. The zero-order valence-electron chi connectivity index (χ0n) is 6.54. The highest BCUT2D eigenvalue weighted by molar-refractivity contribution is 5.68. The van der Waals surface area contributed by atoms with E-state index < -0.39 is 5.97 Å². The molecule has 0 aromatic heterocycles. The van der Waals surface area contributed by atoms with E-state index in [1.54, 1.807) is 0 Å². The maximum atomic E-state index is 10.2. The van der Waals surface area contributed by atoms with Gasteiger partial charge in [0.2, 0.25) is 6.41 Å². The molecule has 0 bridgehead atoms. The summed E-state index contributed by atoms with van der Waals surface area (Å²) in [6, 6.07) is -0.213. The van der Waals surface area contributed by atoms with Crippen LogP contribution in [-0.2, 0) is 9.59 Å². The molecule has 4 nitrogen and oxygen atoms in total. The fourth-order valence-electron chi connectivity index (χ4n) is 0.900. The summed E-state index contributed by atoms with van der Waals surface area (Å²) < 4.78 is 0. The van der Waals surface area contributed by atoms with Crippen LogP contribution >= 0.6 is 0 Å². The average molecular weight is 159 g/mol. The number of carbonyl (C=O) groups excluding carboxylic acids is 1. The van der Waals surface area contributed by atoms with Crippen molar-refractivity contribution in [3.05, 3.63) is 0 Å². The van der Waals surface area contributed by atoms with Crippen LogP contribution in [0.2, 0.25) is 0 Å². The van der Waals surface area contributed by atoms with Gasteiger partial charge in [-0.05, 0) is 6.42 Å². The third kappa shape index (κ3) is 5.39. The number of nitrogens with one attached hydrogen (secondary N) is 1. The number of carboxylic acids is 1. The SMILES string of the molecule is CCCC(CC(=O)O)NC=O. The molecule has 0 fully saturated rings. The molecule has 0 radical (unpaired) electrons. The zero-order chi connectivity index (χ0) is 8.69. The van der Waals surface area contributed by atoms with Crippen LogP contribution in [0.4, 0.5) is 0 Å². The molecule has 0 aromatic rings. The molecule has 4 heteroatoms. The van der Waals surface area contributed by atoms with Crippen molar-refractivity contribution in [1.82, 2.24) is 5.32 Å². The van der Waals surface area contributed by atoms with Gasteiger partial charge in [0.05, 0.1) is 6.42 Å². The molecule has 0 spiro atoms. The van der Waals surface area contributed by atoms with Crippen LogP contribution in [0.25, 0.3) is 0 Å². The summed E-state index contributed by atoms with van der Waals surface area (Å²) in [5.74, 6) is -0.877. The summed E-state index contributed by atoms with van der Waals surface area (Å²) in [7, 11) is 0. The van der Waals surface area contributed by atoms with E-state index in [2.05, 4.69) is 5.32 Å². The minimum absolute atomic E-state index is 0.00653. The van der Waals surface area contributed by atoms with Gasteiger partial charge in [-0.15, -0.1) is 0 Å². The lowest BCUT2D eigenvalue weighted by Crippen LogP contribution is -2.29. The quantitative estimate of drug-likeness (QED) is 0.550. The molecule has 1 amide bonds. The molecule has 0 aliphatic rings. The van der Waals surface area contributed by atoms with Crippen LogP contribution in [0.3, 0.4) is 0 Å². The predicted molar refractivity (Wildman–Crippen MR) is 40.1 cm³/mol. The predicted octanol–water partition coefficient (Wildman–Crippen LogP) is 0.376. The first kappa shape index (κ1) is 9.94. The minimum atomic E-state index is -0.877. The fourth-order valence-corrected chi connectivity index (χ4v) is 0.900. The summed E-state index contributed by atoms with van der Waals surface area (Å²) in [5.41, 5.74) is 0. The second kappa shape index (κ2) is 5.70. The first-order valence-corrected chi connectivity index (χ1v) is 3.62. The smallest absolute Gasteiger partial charge is 0.305 e. The number of carbonyl (C=O) groups is 2. The van der Waals surface area contributed by atoms with E-state index in [1.807, 2.05) is 6.92 Å². The molecule has 0 aliphatic heterocycles. The van der Waals surface area contributed by atoms with Gasteiger partial charge in [-0.2, -0.15) is 0 Å². The zero-order valence-corrected chi connectivity index (χ0v) is 6.54. The van der Waals surface area contributed by atoms with Gasteiger partial charge in [0.25, 0.3) is 0 Å². The first-order chi connectivity index (χ1) is 5.20. The molecule has 11 heavy (non-hydrogen) atoms. The highest BCUT2D eigenvalue weighted by Gasteiger charge is 2.09. The van der Waals surface area contributed by atoms with E-state index in [1.165, 1.54) is 0 Å². The molecule has 1 atom stereocenters. The minimum Gasteiger partial charge on any atom is -0.481 e. The van der Waals surface area contributed by atoms with Crippen molar-refractivity contribution >= 4 is 12.4 Å². The van der Waals surface area contributed by atoms with Crippen LogP contribution in [0.5, 0.6) is 0 Å². The molecule has 64 valence electrons. The largest absolute Gasteiger partial charge is 0.481 e. The molecular weight excluding hydrogens is 146 g/mol. The Morgan fingerprint density at radius 3 is 2.73 bits per heavy atom. The average Bonchev–Trinajstić information content (AvgIpc) is 1.87. The number of aliphatic carboxylic acids is 1. The number of hydrogen-bond acceptors (Lipinski definition) is 2. The molecule has 0 heterocycles. The van der Waals surface area contributed by atoms with Gasteiger partial charge < -0.3 is 10.4 Å². The van der Waals surface area contributed by atoms with E-state index in [9.17, 15) is 9.59 Å². The van der Waals surface area contributed by atoms with Crippen molar-refractivity contribution in [2.45, 2.75) is 32.2 Å². The van der Waals surface area contributed by atoms with Crippen molar-refractivity contribution in [1.29, 1.82) is 0 Å². The maximum Gasteiger partial charge on any atom is 0.305 e. The Hall–Kier alpha value is -1.06. The lowest BCUT2D eigenvalue weighted by molar-refractivity contribution is -0.137. The second-order valence-electron chi connectivity index (χ2n) is 2.37. The second-order valence-corrected chi connectivity index (χ2v) is 2.37. The Morgan fingerprint density at radius 1 is 1.73 bits per heavy atom. The Balaban J connectivity index is 3.67. The van der Waals surface area contributed by atoms with Crippen molar-refractivity contribution in [2.75, 3.05) is 0 Å². The molecule has 0 aliphatic carbocycles. The topological polar surface area (TPSA) is 66.4 Å². The summed E-state index contributed by atoms with van der Waals surface area (Å²) in [6.07, 6.45) is 2.14. The number of hydrogen-bond donors (Lipinski definition) is 2. The van der Waals surface area contributed by atoms with Gasteiger partial charge in [-0.25, -0.2) is 0 Å². The van der Waals surface area contributed by atoms with Crippen LogP contribution < -0.4 is 5.32 Å². The third-order valence-corrected chi connectivity index (χ3v) is 1.36. The molecule has 0 saturated carbocycles. The normalized spacial score (nSPS) is 12.1. The lowest BCUT2D eigenvalue weighted by atomic mass is 10.1. The maximum absolute atomic E-state index is 10.2. The van der Waals surface area contributed by atoms with Gasteiger partial charge in [0.15, 0.2) is 0 Å². The van der Waals surface area contributed by atoms with Crippen molar-refractivity contribution in [2.24, 2.45) is 0 Å². The van der Waals surface area contributed by atoms with Crippen LogP contribution in [-0.4, -0.2) is 23.5 Å². The summed E-state index contributed by atoms with van der Waals surface area (Å²) in [5, 5.41) is 10.8. The van der Waals surface area contributed by atoms with E-state index >= 15 is 0 Å². The Kier molecular flexibility index (Phi) is 5.15. The third-order valence-electron chi connectivity index (χ3n) is 1.36. The van der Waals surface area contributed by atoms with Crippen molar-refractivity contribution in [3.63, 3.8) is 0 Å². The summed E-state index contributed by atoms with van der Waals surface area (Å²) >= 11 is 0. The number of rotatable bonds is 6. The van der Waals surface area contributed by atoms with E-state index in [0.29, 0.717) is 12.8 Å². The molecule has 2 N–H and O–H groups in total. The highest BCUT2D eigenvalue weighted by atomic mass is 16.4. The van der Waals surface area contributed by atoms with Gasteiger partial charge in [0.1, 0.15) is 0 Å². The summed E-state index contributed by atoms with van der Waals surface area (Å²) in [6.45, 7) is 1.95. The molecule has 1 unspecified atom stereocenters. The first-order valence-electron chi connectivity index (χ1n) is 3.62.